The van der Waals surface area contributed by atoms with Crippen LogP contribution in [0.15, 0.2) is 107 Å². The predicted octanol–water partition coefficient (Wildman–Crippen LogP) is -0.347. The van der Waals surface area contributed by atoms with Gasteiger partial charge in [-0.1, -0.05) is 30.8 Å². The van der Waals surface area contributed by atoms with E-state index in [1.165, 1.54) is 48.5 Å². The molecule has 1 radical (unpaired) electrons. The van der Waals surface area contributed by atoms with Crippen LogP contribution in [-0.2, 0) is 83.3 Å². The monoisotopic (exact) mass is 1340 g/mol. The van der Waals surface area contributed by atoms with Crippen molar-refractivity contribution in [2.75, 3.05) is 116 Å². The molecule has 0 aliphatic carbocycles. The van der Waals surface area contributed by atoms with Crippen LogP contribution in [0, 0.1) is 0 Å². The summed E-state index contributed by atoms with van der Waals surface area (Å²) in [6.07, 6.45) is 5.66. The summed E-state index contributed by atoms with van der Waals surface area (Å²) < 4.78 is 89.1. The van der Waals surface area contributed by atoms with Crippen molar-refractivity contribution in [3.05, 3.63) is 103 Å². The van der Waals surface area contributed by atoms with Gasteiger partial charge in [0.05, 0.1) is 70.1 Å². The molecule has 2 aromatic heterocycles. The van der Waals surface area contributed by atoms with Crippen LogP contribution in [-0.4, -0.2) is 248 Å². The van der Waals surface area contributed by atoms with E-state index < -0.39 is 104 Å². The number of aryl methyl sites for hydroxylation is 1. The minimum Gasteiger partial charge on any atom is -0.512 e. The van der Waals surface area contributed by atoms with Crippen LogP contribution in [0.3, 0.4) is 0 Å². The Hall–Kier alpha value is -6.51. The van der Waals surface area contributed by atoms with Crippen LogP contribution in [0.2, 0.25) is 0 Å². The van der Waals surface area contributed by atoms with E-state index >= 15 is 0 Å². The zero-order valence-electron chi connectivity index (χ0n) is 46.5. The molecule has 2 atom stereocenters. The summed E-state index contributed by atoms with van der Waals surface area (Å²) in [5.41, 5.74) is 1.88. The number of hydrogen-bond acceptors (Lipinski definition) is 21. The third kappa shape index (κ3) is 23.0. The molecule has 31 nitrogen and oxygen atoms in total. The Kier molecular flexibility index (Phi) is 27.0. The molecule has 0 unspecified atom stereocenters. The molecule has 14 N–H and O–H groups in total. The van der Waals surface area contributed by atoms with Crippen molar-refractivity contribution in [2.24, 2.45) is 0 Å². The summed E-state index contributed by atoms with van der Waals surface area (Å²) in [4.78, 5) is 88.6. The number of amides is 3. The Morgan fingerprint density at radius 2 is 1.21 bits per heavy atom. The molecule has 0 bridgehead atoms. The Balaban J connectivity index is 0.0000135. The quantitative estimate of drug-likeness (QED) is 0.0206. The average Bonchev–Trinajstić information content (AvgIpc) is 2.78. The van der Waals surface area contributed by atoms with Crippen molar-refractivity contribution < 1.29 is 112 Å². The third-order valence-electron chi connectivity index (χ3n) is 13.1. The van der Waals surface area contributed by atoms with Crippen LogP contribution in [0.5, 0.6) is 0 Å². The molecule has 5 aromatic rings. The van der Waals surface area contributed by atoms with Gasteiger partial charge in [0.25, 0.3) is 5.91 Å². The van der Waals surface area contributed by atoms with Crippen LogP contribution < -0.4 is 30.7 Å². The summed E-state index contributed by atoms with van der Waals surface area (Å²) in [6, 6.07) is 12.0. The van der Waals surface area contributed by atoms with Crippen LogP contribution in [0.25, 0.3) is 22.0 Å². The molecule has 6 rings (SSSR count). The number of fused-ring (bicyclic) bond motifs is 1. The maximum atomic E-state index is 13.5. The third-order valence-corrected chi connectivity index (χ3v) is 16.9. The first-order valence-corrected chi connectivity index (χ1v) is 31.0. The molecular formula is C51H70N14O17S3Y. The van der Waals surface area contributed by atoms with Gasteiger partial charge in [0, 0.05) is 141 Å². The van der Waals surface area contributed by atoms with E-state index in [0.29, 0.717) is 48.6 Å². The van der Waals surface area contributed by atoms with E-state index in [0.717, 1.165) is 11.9 Å². The molecule has 1 aliphatic rings. The van der Waals surface area contributed by atoms with Crippen LogP contribution in [0.4, 0.5) is 5.95 Å². The molecule has 1 aliphatic heterocycles. The van der Waals surface area contributed by atoms with Gasteiger partial charge in [-0.3, -0.25) is 53.0 Å². The zero-order valence-corrected chi connectivity index (χ0v) is 51.8. The summed E-state index contributed by atoms with van der Waals surface area (Å²) in [5.74, 6) is -6.80. The van der Waals surface area contributed by atoms with E-state index in [4.69, 9.17) is 0 Å². The number of anilines is 1. The SMILES string of the molecule is C=C(O)CN1CCN(CC(=O)O)CCN(CC(=O)N[C@@H](CS(O)(O)O)C(=O)NCCNS(=O)(=O)c2ccc(-c3ccc(S(=O)(=O)N[C@@H](CNC(=O)c4ccc5c(cnn5CCCNc5ncc[nH]5)c4)C(=O)O)cc3)cc2)CCN(CC(=O)O)CC1.[Y]. The average molecular weight is 1340 g/mol. The molecule has 1 saturated heterocycles. The molecule has 3 amide bonds. The smallest absolute Gasteiger partial charge is 0.323 e. The van der Waals surface area contributed by atoms with E-state index in [-0.39, 0.29) is 119 Å². The number of aliphatic hydroxyl groups is 1. The molecule has 35 heteroatoms. The second kappa shape index (κ2) is 33.0. The van der Waals surface area contributed by atoms with Gasteiger partial charge in [0.15, 0.2) is 5.95 Å². The fourth-order valence-corrected chi connectivity index (χ4v) is 11.8. The molecule has 3 heterocycles. The van der Waals surface area contributed by atoms with Crippen molar-refractivity contribution in [3.8, 4) is 11.1 Å². The van der Waals surface area contributed by atoms with Gasteiger partial charge in [0.1, 0.15) is 12.1 Å². The fourth-order valence-electron chi connectivity index (χ4n) is 8.87. The van der Waals surface area contributed by atoms with Gasteiger partial charge >= 0.3 is 17.9 Å². The van der Waals surface area contributed by atoms with Crippen molar-refractivity contribution in [1.82, 2.24) is 64.7 Å². The van der Waals surface area contributed by atoms with Crippen LogP contribution in [0.1, 0.15) is 16.8 Å². The maximum absolute atomic E-state index is 13.5. The molecule has 1 fully saturated rings. The van der Waals surface area contributed by atoms with Gasteiger partial charge in [0.2, 0.25) is 31.9 Å². The number of aromatic nitrogens is 4. The normalized spacial score (nSPS) is 15.4. The van der Waals surface area contributed by atoms with E-state index in [1.807, 2.05) is 0 Å². The summed E-state index contributed by atoms with van der Waals surface area (Å²) in [5, 5.41) is 54.3. The summed E-state index contributed by atoms with van der Waals surface area (Å²) in [7, 11) is -13.1. The van der Waals surface area contributed by atoms with Gasteiger partial charge in [-0.05, 0) is 60.0 Å². The second-order valence-electron chi connectivity index (χ2n) is 19.7. The first-order chi connectivity index (χ1) is 40.2. The molecule has 0 spiro atoms. The molecule has 467 valence electrons. The zero-order chi connectivity index (χ0) is 61.9. The minimum absolute atomic E-state index is 0. The topological polar surface area (TPSA) is 444 Å². The van der Waals surface area contributed by atoms with Crippen molar-refractivity contribution in [1.29, 1.82) is 0 Å². The maximum Gasteiger partial charge on any atom is 0.323 e. The Morgan fingerprint density at radius 1 is 0.663 bits per heavy atom. The van der Waals surface area contributed by atoms with Gasteiger partial charge in [-0.15, -0.1) is 0 Å². The number of rotatable bonds is 30. The number of hydrogen-bond donors (Lipinski definition) is 14. The number of sulfonamides is 2. The van der Waals surface area contributed by atoms with Gasteiger partial charge in [-0.25, -0.2) is 26.5 Å². The minimum atomic E-state index is -4.46. The van der Waals surface area contributed by atoms with E-state index in [2.05, 4.69) is 52.4 Å². The largest absolute Gasteiger partial charge is 0.512 e. The number of aliphatic hydroxyl groups excluding tert-OH is 1. The number of nitrogens with zero attached hydrogens (tertiary/aromatic N) is 7. The number of nitrogens with one attached hydrogen (secondary N) is 7. The van der Waals surface area contributed by atoms with Crippen LogP contribution >= 0.6 is 10.9 Å². The van der Waals surface area contributed by atoms with Crippen molar-refractivity contribution in [2.45, 2.75) is 34.8 Å². The van der Waals surface area contributed by atoms with Gasteiger partial charge in [-0.2, -0.15) is 9.82 Å². The number of aliphatic carboxylic acids is 3. The molecule has 0 saturated carbocycles. The van der Waals surface area contributed by atoms with E-state index in [9.17, 15) is 79.7 Å². The molecule has 3 aromatic carbocycles. The van der Waals surface area contributed by atoms with Gasteiger partial charge < -0.3 is 60.3 Å². The first kappa shape index (κ1) is 70.3. The number of benzene rings is 3. The number of carboxylic acids is 3. The number of aromatic amines is 1. The Morgan fingerprint density at radius 3 is 1.72 bits per heavy atom. The summed E-state index contributed by atoms with van der Waals surface area (Å²) in [6.45, 7) is 3.75. The number of carbonyl (C=O) groups is 6. The standard InChI is InChI=1S/C51H70N14O17S3.Y/c1-35(66)30-61-19-23-63(32-46(68)69)25-21-62(22-26-64(24-20-61)33-47(70)71)31-45(67)59-43(34-83(76,77)78)49(73)52-16-17-58-84(79,80)40-8-3-36(4-9-40)37-5-10-41(11-6-37)85(81,82)60-42(50(74)75)29-56-48(72)38-7-12-44-39(27-38)28-57-65(44)18-2-13-53-51-54-14-15-55-51;/h3-12,14-15,27-28,42-43,58,60,66,76-78H,1-2,13,16-26,29-34H2,(H,52,73)(H,56,72)(H,59,67)(H,68,69)(H,70,71)(H,74,75)(H2,53,54,55);/t42-,43-;/m0./s1. The molecule has 86 heavy (non-hydrogen) atoms. The Bertz CT molecular complexity index is 3310. The van der Waals surface area contributed by atoms with Crippen molar-refractivity contribution in [3.63, 3.8) is 0 Å². The predicted molar refractivity (Wildman–Crippen MR) is 311 cm³/mol. The first-order valence-electron chi connectivity index (χ1n) is 26.4. The fraction of sp³-hybridized carbons (Fsp3) is 0.412. The second-order valence-corrected chi connectivity index (χ2v) is 24.8. The number of carboxylic acid groups (broad SMARTS) is 3. The number of imidazole rings is 1. The molecular weight excluding hydrogens is 1270 g/mol. The van der Waals surface area contributed by atoms with Crippen molar-refractivity contribution >= 4 is 83.4 Å². The number of H-pyrrole nitrogens is 1. The van der Waals surface area contributed by atoms with E-state index in [1.54, 1.807) is 61.1 Å². The summed E-state index contributed by atoms with van der Waals surface area (Å²) >= 11 is 0. The Labute approximate surface area is 522 Å². The number of carbonyl (C=O) groups excluding carboxylic acids is 3.